The van der Waals surface area contributed by atoms with Crippen LogP contribution in [0.4, 0.5) is 0 Å². The largest absolute Gasteiger partial charge is 0.507 e. The zero-order valence-electron chi connectivity index (χ0n) is 22.6. The number of carbonyl (C=O) groups is 5. The molecule has 1 aliphatic heterocycles. The number of rotatable bonds is 4. The van der Waals surface area contributed by atoms with Gasteiger partial charge in [0.05, 0.1) is 17.5 Å². The monoisotopic (exact) mass is 571 g/mol. The maximum atomic E-state index is 13.9. The first kappa shape index (κ1) is 27.5. The predicted octanol–water partition coefficient (Wildman–Crippen LogP) is 0.896. The molecule has 10 nitrogen and oxygen atoms in total. The smallest absolute Gasteiger partial charge is 0.235 e. The maximum absolute atomic E-state index is 13.9. The molecule has 40 heavy (non-hydrogen) atoms. The molecule has 11 heteroatoms. The normalized spacial score (nSPS) is 35.0. The summed E-state index contributed by atoms with van der Waals surface area (Å²) in [7, 11) is 3.11. The van der Waals surface area contributed by atoms with Gasteiger partial charge in [0, 0.05) is 17.5 Å². The molecule has 1 heterocycles. The van der Waals surface area contributed by atoms with Gasteiger partial charge in [-0.05, 0) is 94.2 Å². The second-order valence-corrected chi connectivity index (χ2v) is 13.2. The summed E-state index contributed by atoms with van der Waals surface area (Å²) in [4.78, 5) is 70.1. The number of hydrogen-bond acceptors (Lipinski definition) is 9. The van der Waals surface area contributed by atoms with E-state index in [1.54, 1.807) is 14.1 Å². The first-order chi connectivity index (χ1) is 18.8. The number of likely N-dealkylation sites (N-methyl/N-ethyl adjacent to an activating group) is 1. The molecule has 5 aliphatic rings. The number of hydrogen-bond donors (Lipinski definition) is 3. The van der Waals surface area contributed by atoms with Crippen molar-refractivity contribution in [2.75, 3.05) is 27.2 Å². The number of benzene rings is 1. The maximum Gasteiger partial charge on any atom is 0.235 e. The molecule has 2 unspecified atom stereocenters. The van der Waals surface area contributed by atoms with Crippen LogP contribution in [0.5, 0.6) is 5.75 Å². The van der Waals surface area contributed by atoms with Crippen molar-refractivity contribution in [2.45, 2.75) is 56.7 Å². The summed E-state index contributed by atoms with van der Waals surface area (Å²) in [6.07, 6.45) is 5.01. The van der Waals surface area contributed by atoms with Crippen LogP contribution >= 0.6 is 11.6 Å². The second-order valence-electron chi connectivity index (χ2n) is 12.8. The third-order valence-corrected chi connectivity index (χ3v) is 10.8. The van der Waals surface area contributed by atoms with Crippen LogP contribution in [0.2, 0.25) is 5.02 Å². The number of primary amides is 1. The summed E-state index contributed by atoms with van der Waals surface area (Å²) in [6, 6.07) is 0.340. The van der Waals surface area contributed by atoms with Gasteiger partial charge in [0.25, 0.3) is 0 Å². The lowest BCUT2D eigenvalue weighted by atomic mass is 9.52. The third-order valence-electron chi connectivity index (χ3n) is 10.3. The number of ketones is 4. The fourth-order valence-corrected chi connectivity index (χ4v) is 8.21. The second kappa shape index (κ2) is 9.17. The van der Waals surface area contributed by atoms with E-state index in [1.807, 2.05) is 0 Å². The Balaban J connectivity index is 1.36. The minimum atomic E-state index is -2.73. The zero-order chi connectivity index (χ0) is 28.9. The van der Waals surface area contributed by atoms with E-state index < -0.39 is 64.4 Å². The van der Waals surface area contributed by atoms with E-state index in [1.165, 1.54) is 23.8 Å². The fourth-order valence-electron chi connectivity index (χ4n) is 7.93. The third kappa shape index (κ3) is 3.83. The highest BCUT2D eigenvalue weighted by Crippen LogP contribution is 2.54. The van der Waals surface area contributed by atoms with Crippen LogP contribution < -0.4 is 5.73 Å². The summed E-state index contributed by atoms with van der Waals surface area (Å²) in [5, 5.41) is 23.0. The van der Waals surface area contributed by atoms with Gasteiger partial charge in [-0.15, -0.1) is 0 Å². The van der Waals surface area contributed by atoms with Crippen LogP contribution in [0.25, 0.3) is 0 Å². The number of phenols is 1. The van der Waals surface area contributed by atoms with E-state index in [4.69, 9.17) is 17.3 Å². The molecule has 4 fully saturated rings. The molecule has 4 N–H and O–H groups in total. The number of likely N-dealkylation sites (tertiary alicyclic amines) is 1. The number of fused-ring (bicyclic) bond motifs is 3. The summed E-state index contributed by atoms with van der Waals surface area (Å²) in [5.41, 5.74) is 4.21. The van der Waals surface area contributed by atoms with E-state index in [-0.39, 0.29) is 24.2 Å². The summed E-state index contributed by atoms with van der Waals surface area (Å²) in [5.74, 6) is -10.6. The Morgan fingerprint density at radius 1 is 1.12 bits per heavy atom. The minimum absolute atomic E-state index is 0.000574. The van der Waals surface area contributed by atoms with E-state index in [9.17, 15) is 34.2 Å². The number of phenolic OH excluding ortho intramolecular Hbond substituents is 1. The predicted molar refractivity (Wildman–Crippen MR) is 143 cm³/mol. The van der Waals surface area contributed by atoms with E-state index in [2.05, 4.69) is 4.90 Å². The van der Waals surface area contributed by atoms with Crippen LogP contribution in [0, 0.1) is 29.1 Å². The number of carbonyl (C=O) groups excluding carboxylic acids is 5. The molecular formula is C29H34ClN3O7. The molecule has 0 bridgehead atoms. The van der Waals surface area contributed by atoms with E-state index in [0.717, 1.165) is 25.9 Å². The number of halogens is 1. The number of aromatic hydroxyl groups is 1. The zero-order valence-corrected chi connectivity index (χ0v) is 23.4. The highest BCUT2D eigenvalue weighted by atomic mass is 35.5. The van der Waals surface area contributed by atoms with Crippen molar-refractivity contribution in [3.05, 3.63) is 27.8 Å². The van der Waals surface area contributed by atoms with Gasteiger partial charge in [0.1, 0.15) is 5.75 Å². The lowest BCUT2D eigenvalue weighted by Crippen LogP contribution is -2.74. The van der Waals surface area contributed by atoms with E-state index in [0.29, 0.717) is 28.1 Å². The van der Waals surface area contributed by atoms with Gasteiger partial charge in [-0.3, -0.25) is 33.8 Å². The minimum Gasteiger partial charge on any atom is -0.507 e. The standard InChI is InChI=1S/C29H34ClN3O7/c1-32(2)22-16-10-13-9-15-19(17(34)11-14(21(15)30)12-33-7-5-28(3-4-28)6-8-33)23(35)18(13)25(37)29(16,40)26(38)20(24(22)36)27(31)39/h11,13,16,18,20,22,34,40H,3-10,12H2,1-2H3,(H2,31,39)/t13-,16-,18?,20?,22-,29-/m0/s1. The molecule has 1 spiro atoms. The SMILES string of the molecule is CN(C)[C@@H]1C(=O)C(C(N)=O)C(=O)[C@@]2(O)C(=O)C3C(=O)c4c(O)cc(CN5CCC6(CC5)CC6)c(Cl)c4C[C@H]3C[C@@H]12. The van der Waals surface area contributed by atoms with Gasteiger partial charge in [-0.2, -0.15) is 0 Å². The Hall–Kier alpha value is -2.66. The number of piperidine rings is 1. The van der Waals surface area contributed by atoms with Gasteiger partial charge in [-0.25, -0.2) is 0 Å². The topological polar surface area (TPSA) is 158 Å². The molecule has 4 aliphatic carbocycles. The van der Waals surface area contributed by atoms with Crippen LogP contribution in [-0.2, 0) is 32.1 Å². The van der Waals surface area contributed by atoms with Crippen molar-refractivity contribution in [2.24, 2.45) is 34.8 Å². The first-order valence-electron chi connectivity index (χ1n) is 13.9. The molecule has 214 valence electrons. The van der Waals surface area contributed by atoms with Crippen molar-refractivity contribution in [3.8, 4) is 5.75 Å². The molecule has 6 rings (SSSR count). The van der Waals surface area contributed by atoms with Crippen molar-refractivity contribution >= 4 is 40.6 Å². The molecule has 0 radical (unpaired) electrons. The molecule has 1 saturated heterocycles. The van der Waals surface area contributed by atoms with Gasteiger partial charge in [-0.1, -0.05) is 11.6 Å². The van der Waals surface area contributed by atoms with Crippen molar-refractivity contribution < 1.29 is 34.2 Å². The Bertz CT molecular complexity index is 1360. The van der Waals surface area contributed by atoms with Gasteiger partial charge in [0.15, 0.2) is 34.7 Å². The van der Waals surface area contributed by atoms with Gasteiger partial charge in [0.2, 0.25) is 5.91 Å². The van der Waals surface area contributed by atoms with Crippen molar-refractivity contribution in [3.63, 3.8) is 0 Å². The van der Waals surface area contributed by atoms with Gasteiger partial charge < -0.3 is 15.9 Å². The Labute approximate surface area is 236 Å². The average Bonchev–Trinajstić information content (AvgIpc) is 3.64. The van der Waals surface area contributed by atoms with Gasteiger partial charge >= 0.3 is 0 Å². The summed E-state index contributed by atoms with van der Waals surface area (Å²) >= 11 is 6.87. The quantitative estimate of drug-likeness (QED) is 0.446. The molecule has 3 saturated carbocycles. The number of nitrogens with zero attached hydrogens (tertiary/aromatic N) is 2. The molecule has 1 amide bonds. The molecule has 0 aromatic heterocycles. The Kier molecular flexibility index (Phi) is 6.31. The number of nitrogens with two attached hydrogens (primary N) is 1. The molecular weight excluding hydrogens is 538 g/mol. The first-order valence-corrected chi connectivity index (χ1v) is 14.3. The molecule has 1 aromatic carbocycles. The lowest BCUT2D eigenvalue weighted by molar-refractivity contribution is -0.181. The van der Waals surface area contributed by atoms with E-state index >= 15 is 0 Å². The number of amides is 1. The van der Waals surface area contributed by atoms with Crippen LogP contribution in [0.3, 0.4) is 0 Å². The highest BCUT2D eigenvalue weighted by molar-refractivity contribution is 6.34. The number of Topliss-reactive ketones (excluding diaryl/α,β-unsaturated/α-hetero) is 4. The summed E-state index contributed by atoms with van der Waals surface area (Å²) in [6.45, 7) is 2.40. The number of aliphatic hydroxyl groups is 1. The Morgan fingerprint density at radius 2 is 1.77 bits per heavy atom. The summed E-state index contributed by atoms with van der Waals surface area (Å²) < 4.78 is 0. The molecule has 1 aromatic rings. The van der Waals surface area contributed by atoms with Crippen LogP contribution in [-0.4, -0.2) is 87.9 Å². The Morgan fingerprint density at radius 3 is 2.35 bits per heavy atom. The lowest BCUT2D eigenvalue weighted by Gasteiger charge is -2.52. The average molecular weight is 572 g/mol. The van der Waals surface area contributed by atoms with Crippen molar-refractivity contribution in [1.29, 1.82) is 0 Å². The van der Waals surface area contributed by atoms with Crippen molar-refractivity contribution in [1.82, 2.24) is 9.80 Å². The molecule has 6 atom stereocenters. The van der Waals surface area contributed by atoms with Crippen LogP contribution in [0.1, 0.15) is 53.6 Å². The fraction of sp³-hybridized carbons (Fsp3) is 0.621. The highest BCUT2D eigenvalue weighted by Gasteiger charge is 2.69. The van der Waals surface area contributed by atoms with Crippen LogP contribution in [0.15, 0.2) is 6.07 Å².